The van der Waals surface area contributed by atoms with Crippen molar-refractivity contribution in [3.8, 4) is 0 Å². The van der Waals surface area contributed by atoms with Crippen LogP contribution in [-0.4, -0.2) is 191 Å². The normalized spacial score (nSPS) is 12.4. The fourth-order valence-electron chi connectivity index (χ4n) is 6.87. The first kappa shape index (κ1) is 73.0. The second-order valence-electron chi connectivity index (χ2n) is 17.9. The van der Waals surface area contributed by atoms with Gasteiger partial charge in [0.05, 0.1) is 26.4 Å². The molecule has 16 N–H and O–H groups in total. The number of nitrogens with one attached hydrogen (secondary N) is 9. The first-order chi connectivity index (χ1) is 40.7. The van der Waals surface area contributed by atoms with Crippen molar-refractivity contribution in [1.29, 1.82) is 0 Å². The zero-order valence-corrected chi connectivity index (χ0v) is 46.0. The highest BCUT2D eigenvalue weighted by molar-refractivity contribution is 6.01. The summed E-state index contributed by atoms with van der Waals surface area (Å²) in [5.74, 6) is -11.8. The van der Waals surface area contributed by atoms with E-state index in [0.29, 0.717) is 63.1 Å². The van der Waals surface area contributed by atoms with Crippen molar-refractivity contribution >= 4 is 70.9 Å². The molecule has 29 nitrogen and oxygen atoms in total. The third-order valence-corrected chi connectivity index (χ3v) is 11.1. The summed E-state index contributed by atoms with van der Waals surface area (Å²) in [4.78, 5) is 124. The molecule has 0 saturated carbocycles. The summed E-state index contributed by atoms with van der Waals surface area (Å²) in [6, 6.07) is 15.2. The van der Waals surface area contributed by atoms with Crippen molar-refractivity contribution in [2.24, 2.45) is 11.5 Å². The van der Waals surface area contributed by atoms with Crippen molar-refractivity contribution in [3.63, 3.8) is 0 Å². The van der Waals surface area contributed by atoms with Gasteiger partial charge in [-0.3, -0.25) is 48.6 Å². The lowest BCUT2D eigenvalue weighted by Gasteiger charge is -2.27. The fraction of sp³-hybridized carbons (Fsp3) is 0.451. The highest BCUT2D eigenvalue weighted by atomic mass is 19.4. The van der Waals surface area contributed by atoms with Crippen molar-refractivity contribution in [1.82, 2.24) is 47.0 Å². The second-order valence-corrected chi connectivity index (χ2v) is 17.9. The molecule has 0 radical (unpaired) electrons. The number of aromatic nitrogens is 4. The number of hydrogen-bond donors (Lipinski definition) is 14. The van der Waals surface area contributed by atoms with E-state index in [0.717, 1.165) is 0 Å². The number of ether oxygens (including phenoxy) is 3. The van der Waals surface area contributed by atoms with Crippen molar-refractivity contribution in [3.05, 3.63) is 95.3 Å². The maximum atomic E-state index is 14.4. The average molecular weight is 1230 g/mol. The summed E-state index contributed by atoms with van der Waals surface area (Å²) in [6.07, 6.45) is -8.13. The van der Waals surface area contributed by atoms with Gasteiger partial charge < -0.3 is 78.2 Å². The minimum atomic E-state index is -5.08. The number of amides is 7. The molecule has 0 bridgehead atoms. The summed E-state index contributed by atoms with van der Waals surface area (Å²) in [6.45, 7) is 0.879. The molecule has 0 aliphatic rings. The number of carbonyl (C=O) groups excluding carboxylic acids is 7. The second kappa shape index (κ2) is 38.7. The Bertz CT molecular complexity index is 2770. The van der Waals surface area contributed by atoms with E-state index in [-0.39, 0.29) is 68.5 Å². The van der Waals surface area contributed by atoms with E-state index in [9.17, 15) is 64.7 Å². The van der Waals surface area contributed by atoms with E-state index >= 15 is 0 Å². The molecule has 0 aliphatic heterocycles. The molecular weight excluding hydrogens is 1160 g/mol. The summed E-state index contributed by atoms with van der Waals surface area (Å²) in [7, 11) is 1.55. The number of carbonyl (C=O) groups is 10. The van der Waals surface area contributed by atoms with Crippen LogP contribution in [0.3, 0.4) is 0 Å². The van der Waals surface area contributed by atoms with Crippen LogP contribution in [0.15, 0.2) is 72.8 Å². The largest absolute Gasteiger partial charge is 0.490 e. The molecule has 2 aromatic heterocycles. The van der Waals surface area contributed by atoms with Crippen molar-refractivity contribution < 1.29 is 104 Å². The first-order valence-electron chi connectivity index (χ1n) is 25.8. The molecule has 0 spiro atoms. The lowest BCUT2D eigenvalue weighted by molar-refractivity contribution is -0.193. The van der Waals surface area contributed by atoms with Crippen LogP contribution in [0.25, 0.3) is 0 Å². The number of nitrogens with two attached hydrogens (primary N) is 2. The molecule has 2 heterocycles. The van der Waals surface area contributed by atoms with Crippen LogP contribution < -0.4 is 48.7 Å². The van der Waals surface area contributed by atoms with Crippen molar-refractivity contribution in [2.75, 3.05) is 70.4 Å². The van der Waals surface area contributed by atoms with Crippen LogP contribution in [0.4, 0.5) is 38.0 Å². The molecule has 4 atom stereocenters. The highest BCUT2D eigenvalue weighted by Crippen LogP contribution is 2.16. The molecular formula is C51H67F6N13O16. The van der Waals surface area contributed by atoms with Gasteiger partial charge in [-0.1, -0.05) is 60.7 Å². The number of alkyl halides is 6. The van der Waals surface area contributed by atoms with E-state index in [4.69, 9.17) is 50.6 Å². The number of carboxylic acids is 3. The van der Waals surface area contributed by atoms with Crippen LogP contribution in [0.1, 0.15) is 70.6 Å². The van der Waals surface area contributed by atoms with Crippen LogP contribution in [0, 0.1) is 0 Å². The van der Waals surface area contributed by atoms with Gasteiger partial charge in [-0.2, -0.15) is 36.5 Å². The third kappa shape index (κ3) is 30.0. The number of H-pyrrole nitrogens is 2. The van der Waals surface area contributed by atoms with Gasteiger partial charge >= 0.3 is 30.3 Å². The highest BCUT2D eigenvalue weighted by Gasteiger charge is 2.39. The zero-order valence-electron chi connectivity index (χ0n) is 46.0. The monoisotopic (exact) mass is 1230 g/mol. The Morgan fingerprint density at radius 1 is 0.547 bits per heavy atom. The number of halogens is 6. The van der Waals surface area contributed by atoms with Gasteiger partial charge in [0.15, 0.2) is 11.6 Å². The number of aromatic amines is 2. The Hall–Kier alpha value is -9.06. The molecule has 0 fully saturated rings. The number of carboxylic acid groups (broad SMARTS) is 3. The SMILES string of the molecule is COCCOCCOCC(=O)Nc1cc(C(=O)N[C@@H](Cc2ccccc2)C(=O)N[C@@H](Cc2ccccc2)C(=O)N[C@@H](CCCCN)C(=O)N[C@@H](CCCCN)C(=O)Nc2cc(C(=O)NCC(=O)O)[nH]n2)[nH]n1.O=C(O)C(F)(F)F.O=C(O)C(F)(F)F. The number of hydrogen-bond acceptors (Lipinski definition) is 17. The molecule has 4 aromatic rings. The van der Waals surface area contributed by atoms with Gasteiger partial charge in [-0.15, -0.1) is 0 Å². The maximum absolute atomic E-state index is 14.4. The van der Waals surface area contributed by atoms with Gasteiger partial charge in [-0.05, 0) is 62.7 Å². The van der Waals surface area contributed by atoms with Crippen LogP contribution in [-0.2, 0) is 65.4 Å². The van der Waals surface area contributed by atoms with E-state index in [1.807, 2.05) is 0 Å². The fourth-order valence-corrected chi connectivity index (χ4v) is 6.87. The molecule has 35 heteroatoms. The molecule has 0 aliphatic carbocycles. The molecule has 0 saturated heterocycles. The first-order valence-corrected chi connectivity index (χ1v) is 25.8. The van der Waals surface area contributed by atoms with Crippen LogP contribution in [0.5, 0.6) is 0 Å². The Labute approximate surface area is 485 Å². The Morgan fingerprint density at radius 3 is 1.41 bits per heavy atom. The standard InChI is InChI=1S/C47H65N13O12.2C2HF3O2/c1-70-20-21-71-22-23-72-29-40(61)55-38-27-37(58-59-38)47(69)54-35(25-31-14-6-3-7-15-31)46(68)53-34(24-30-12-4-2-5-13-30)45(67)52-32(16-8-10-18-48)43(65)51-33(17-9-11-19-49)44(66)56-39-26-36(57-60-39)42(64)50-28-41(62)63;2*3-2(4,5)1(6)7/h2-7,12-15,26-27,32-35H,8-11,16-25,28-29,48-49H2,1H3,(H,50,64)(H,51,65)(H,52,67)(H,53,68)(H,54,69)(H,62,63)(H2,55,58,59,61)(H2,56,57,60,66);2*(H,6,7)/t32-,33-,34-,35-;;/m0../s1. The summed E-state index contributed by atoms with van der Waals surface area (Å²) in [5, 5.41) is 54.3. The summed E-state index contributed by atoms with van der Waals surface area (Å²) < 4.78 is 79.0. The van der Waals surface area contributed by atoms with E-state index in [2.05, 4.69) is 57.6 Å². The van der Waals surface area contributed by atoms with Gasteiger partial charge in [0.2, 0.25) is 23.6 Å². The molecule has 474 valence electrons. The molecule has 86 heavy (non-hydrogen) atoms. The Morgan fingerprint density at radius 2 is 0.953 bits per heavy atom. The van der Waals surface area contributed by atoms with E-state index < -0.39 is 102 Å². The number of benzene rings is 2. The van der Waals surface area contributed by atoms with Crippen LogP contribution >= 0.6 is 0 Å². The minimum Gasteiger partial charge on any atom is -0.480 e. The average Bonchev–Trinajstić information content (AvgIpc) is 4.30. The maximum Gasteiger partial charge on any atom is 0.490 e. The Balaban J connectivity index is 0.00000160. The van der Waals surface area contributed by atoms with Gasteiger partial charge in [0.25, 0.3) is 17.7 Å². The van der Waals surface area contributed by atoms with Gasteiger partial charge in [0, 0.05) is 32.1 Å². The quantitative estimate of drug-likeness (QED) is 0.0227. The molecule has 2 aromatic carbocycles. The van der Waals surface area contributed by atoms with Gasteiger partial charge in [-0.25, -0.2) is 9.59 Å². The van der Waals surface area contributed by atoms with Crippen LogP contribution in [0.2, 0.25) is 0 Å². The number of methoxy groups -OCH3 is 1. The third-order valence-electron chi connectivity index (χ3n) is 11.1. The van der Waals surface area contributed by atoms with Crippen molar-refractivity contribution in [2.45, 2.75) is 87.9 Å². The summed E-state index contributed by atoms with van der Waals surface area (Å²) in [5.41, 5.74) is 12.6. The number of nitrogens with zero attached hydrogens (tertiary/aromatic N) is 2. The zero-order chi connectivity index (χ0) is 64.2. The predicted octanol–water partition coefficient (Wildman–Crippen LogP) is 0.767. The van der Waals surface area contributed by atoms with E-state index in [1.54, 1.807) is 67.8 Å². The lowest BCUT2D eigenvalue weighted by atomic mass is 10.0. The van der Waals surface area contributed by atoms with Gasteiger partial charge in [0.1, 0.15) is 48.7 Å². The molecule has 0 unspecified atom stereocenters. The summed E-state index contributed by atoms with van der Waals surface area (Å²) >= 11 is 0. The molecule has 4 rings (SSSR count). The molecule has 7 amide bonds. The smallest absolute Gasteiger partial charge is 0.480 e. The number of anilines is 2. The minimum absolute atomic E-state index is 0.00240. The Kier molecular flexibility index (Phi) is 32.9. The number of aliphatic carboxylic acids is 3. The lowest BCUT2D eigenvalue weighted by Crippen LogP contribution is -2.58. The van der Waals surface area contributed by atoms with E-state index in [1.165, 1.54) is 12.1 Å². The topological polar surface area (TPSA) is 453 Å². The predicted molar refractivity (Wildman–Crippen MR) is 288 cm³/mol. The number of unbranched alkanes of at least 4 members (excludes halogenated alkanes) is 2. The number of rotatable bonds is 34.